The second-order valence-corrected chi connectivity index (χ2v) is 10.8. The van der Waals surface area contributed by atoms with Gasteiger partial charge in [-0.05, 0) is 42.0 Å². The number of H-pyrrole nitrogens is 1. The number of esters is 1. The van der Waals surface area contributed by atoms with Crippen LogP contribution in [0.4, 0.5) is 5.69 Å². The van der Waals surface area contributed by atoms with Gasteiger partial charge in [0, 0.05) is 16.9 Å². The summed E-state index contributed by atoms with van der Waals surface area (Å²) >= 11 is 1.50. The van der Waals surface area contributed by atoms with Crippen molar-refractivity contribution in [2.24, 2.45) is 0 Å². The number of carbonyl (C=O) groups is 3. The van der Waals surface area contributed by atoms with Crippen LogP contribution in [0.1, 0.15) is 37.2 Å². The van der Waals surface area contributed by atoms with Crippen LogP contribution in [-0.4, -0.2) is 64.4 Å². The van der Waals surface area contributed by atoms with Crippen LogP contribution in [-0.2, 0) is 14.4 Å². The number of nitrogens with one attached hydrogen (secondary N) is 2. The highest BCUT2D eigenvalue weighted by Crippen LogP contribution is 2.56. The molecule has 3 aromatic rings. The zero-order chi connectivity index (χ0) is 26.3. The molecule has 37 heavy (non-hydrogen) atoms. The van der Waals surface area contributed by atoms with E-state index in [2.05, 4.69) is 25.9 Å². The molecule has 5 rings (SSSR count). The Labute approximate surface area is 214 Å². The summed E-state index contributed by atoms with van der Waals surface area (Å²) in [7, 11) is 0. The molecule has 0 saturated carbocycles. The smallest absolute Gasteiger partial charge is 0.328 e. The van der Waals surface area contributed by atoms with Crippen molar-refractivity contribution in [2.75, 3.05) is 0 Å². The predicted molar refractivity (Wildman–Crippen MR) is 129 cm³/mol. The number of benzene rings is 2. The van der Waals surface area contributed by atoms with E-state index in [1.54, 1.807) is 35.2 Å². The van der Waals surface area contributed by atoms with E-state index < -0.39 is 39.5 Å². The number of ether oxygens (including phenoxy) is 1. The molecule has 0 aliphatic carbocycles. The van der Waals surface area contributed by atoms with E-state index in [-0.39, 0.29) is 22.7 Å². The Hall–Kier alpha value is -4.33. The maximum absolute atomic E-state index is 13.4. The molecule has 0 spiro atoms. The highest BCUT2D eigenvalue weighted by atomic mass is 32.2. The van der Waals surface area contributed by atoms with Crippen molar-refractivity contribution < 1.29 is 24.0 Å². The Balaban J connectivity index is 1.35. The Morgan fingerprint density at radius 3 is 2.51 bits per heavy atom. The highest BCUT2D eigenvalue weighted by molar-refractivity contribution is 8.01. The number of aromatic amines is 1. The molecule has 2 aliphatic heterocycles. The van der Waals surface area contributed by atoms with Crippen LogP contribution in [0.2, 0.25) is 0 Å². The van der Waals surface area contributed by atoms with Crippen LogP contribution < -0.4 is 10.1 Å². The number of non-ortho nitro benzene ring substituents is 1. The number of carbonyl (C=O) groups excluding carboxylic acids is 3. The molecular formula is C23H21N7O6S. The van der Waals surface area contributed by atoms with Gasteiger partial charge in [0.05, 0.1) is 4.92 Å². The predicted octanol–water partition coefficient (Wildman–Crippen LogP) is 1.72. The van der Waals surface area contributed by atoms with E-state index in [9.17, 15) is 24.5 Å². The van der Waals surface area contributed by atoms with Crippen LogP contribution in [0, 0.1) is 10.1 Å². The summed E-state index contributed by atoms with van der Waals surface area (Å²) in [5, 5.41) is 27.1. The van der Waals surface area contributed by atoms with Gasteiger partial charge in [-0.25, -0.2) is 5.10 Å². The zero-order valence-electron chi connectivity index (χ0n) is 19.6. The molecule has 2 saturated heterocycles. The van der Waals surface area contributed by atoms with Gasteiger partial charge in [-0.3, -0.25) is 24.5 Å². The molecule has 4 atom stereocenters. The minimum atomic E-state index is -1.37. The largest absolute Gasteiger partial charge is 0.426 e. The summed E-state index contributed by atoms with van der Waals surface area (Å²) in [5.41, 5.74) is 0.210. The maximum atomic E-state index is 13.4. The number of thioether (sulfide) groups is 1. The van der Waals surface area contributed by atoms with Crippen molar-refractivity contribution in [1.29, 1.82) is 0 Å². The number of fused-ring (bicyclic) bond motifs is 1. The van der Waals surface area contributed by atoms with E-state index in [0.29, 0.717) is 11.4 Å². The molecule has 14 heteroatoms. The van der Waals surface area contributed by atoms with Gasteiger partial charge in [-0.15, -0.1) is 16.9 Å². The molecule has 2 aromatic carbocycles. The third-order valence-electron chi connectivity index (χ3n) is 6.26. The first-order valence-electron chi connectivity index (χ1n) is 11.2. The molecule has 3 heterocycles. The minimum absolute atomic E-state index is 0.0480. The Kier molecular flexibility index (Phi) is 6.11. The Morgan fingerprint density at radius 2 is 1.89 bits per heavy atom. The molecule has 0 bridgehead atoms. The number of tetrazole rings is 1. The molecule has 2 fully saturated rings. The number of hydrogen-bond acceptors (Lipinski definition) is 10. The molecule has 2 N–H and O–H groups in total. The van der Waals surface area contributed by atoms with E-state index in [1.807, 2.05) is 13.8 Å². The number of β-lactam (4-membered cyclic amide) rings is 1. The third kappa shape index (κ3) is 4.39. The Morgan fingerprint density at radius 1 is 1.19 bits per heavy atom. The molecule has 1 aromatic heterocycles. The van der Waals surface area contributed by atoms with Crippen LogP contribution in [0.5, 0.6) is 5.75 Å². The highest BCUT2D eigenvalue weighted by Gasteiger charge is 2.63. The number of aromatic nitrogens is 4. The summed E-state index contributed by atoms with van der Waals surface area (Å²) < 4.78 is 4.95. The van der Waals surface area contributed by atoms with Gasteiger partial charge in [0.15, 0.2) is 11.7 Å². The number of nitrogens with zero attached hydrogens (tertiary/aromatic N) is 5. The summed E-state index contributed by atoms with van der Waals surface area (Å²) in [4.78, 5) is 51.6. The fraction of sp³-hybridized carbons (Fsp3) is 0.304. The lowest BCUT2D eigenvalue weighted by Crippen LogP contribution is -2.68. The van der Waals surface area contributed by atoms with Gasteiger partial charge < -0.3 is 15.0 Å². The average Bonchev–Trinajstić information content (AvgIpc) is 3.48. The lowest BCUT2D eigenvalue weighted by molar-refractivity contribution is -0.384. The van der Waals surface area contributed by atoms with Crippen LogP contribution in [0.3, 0.4) is 0 Å². The molecule has 13 nitrogen and oxygen atoms in total. The maximum Gasteiger partial charge on any atom is 0.328 e. The molecule has 0 radical (unpaired) electrons. The minimum Gasteiger partial charge on any atom is -0.426 e. The number of amides is 2. The lowest BCUT2D eigenvalue weighted by atomic mass is 9.94. The van der Waals surface area contributed by atoms with Gasteiger partial charge in [0.2, 0.25) is 11.8 Å². The number of hydrogen-bond donors (Lipinski definition) is 2. The molecular weight excluding hydrogens is 502 g/mol. The first-order chi connectivity index (χ1) is 17.7. The fourth-order valence-electron chi connectivity index (χ4n) is 4.56. The van der Waals surface area contributed by atoms with Crippen molar-refractivity contribution in [3.8, 4) is 5.75 Å². The molecule has 4 unspecified atom stereocenters. The van der Waals surface area contributed by atoms with Crippen LogP contribution in [0.25, 0.3) is 0 Å². The van der Waals surface area contributed by atoms with Gasteiger partial charge in [0.1, 0.15) is 23.2 Å². The van der Waals surface area contributed by atoms with Gasteiger partial charge >= 0.3 is 5.97 Å². The Bertz CT molecular complexity index is 1350. The first-order valence-corrected chi connectivity index (χ1v) is 12.1. The van der Waals surface area contributed by atoms with E-state index in [4.69, 9.17) is 4.74 Å². The van der Waals surface area contributed by atoms with Gasteiger partial charge in [-0.2, -0.15) is 0 Å². The van der Waals surface area contributed by atoms with E-state index in [1.165, 1.54) is 36.0 Å². The van der Waals surface area contributed by atoms with Gasteiger partial charge in [-0.1, -0.05) is 30.3 Å². The van der Waals surface area contributed by atoms with Crippen molar-refractivity contribution in [3.05, 3.63) is 76.1 Å². The zero-order valence-corrected chi connectivity index (χ0v) is 20.4. The summed E-state index contributed by atoms with van der Waals surface area (Å²) in [5.74, 6) is -2.76. The van der Waals surface area contributed by atoms with Crippen molar-refractivity contribution in [2.45, 2.75) is 42.0 Å². The second kappa shape index (κ2) is 9.28. The number of nitro groups is 1. The average molecular weight is 524 g/mol. The lowest BCUT2D eigenvalue weighted by Gasteiger charge is -2.44. The fourth-order valence-corrected chi connectivity index (χ4v) is 6.20. The monoisotopic (exact) mass is 523 g/mol. The van der Waals surface area contributed by atoms with Gasteiger partial charge in [0.25, 0.3) is 5.69 Å². The number of rotatable bonds is 7. The standard InChI is InChI=1S/C23H21N7O6S/c1-23(2)17(18-25-27-28-26-18)29-20(32)16(21(29)37-23)24-19(31)15(12-6-4-3-5-7-12)22(33)36-14-10-8-13(9-11-14)30(34)35/h3-11,15-17,21H,1-2H3,(H,24,31)(H,25,26,27,28). The van der Waals surface area contributed by atoms with Crippen LogP contribution >= 0.6 is 11.8 Å². The third-order valence-corrected chi connectivity index (χ3v) is 7.83. The molecule has 190 valence electrons. The first kappa shape index (κ1) is 24.4. The van der Waals surface area contributed by atoms with E-state index >= 15 is 0 Å². The van der Waals surface area contributed by atoms with E-state index in [0.717, 1.165) is 0 Å². The normalized spacial score (nSPS) is 22.5. The molecule has 2 amide bonds. The number of nitro benzene ring substituents is 1. The quantitative estimate of drug-likeness (QED) is 0.116. The van der Waals surface area contributed by atoms with Crippen molar-refractivity contribution >= 4 is 35.2 Å². The summed E-state index contributed by atoms with van der Waals surface area (Å²) in [6, 6.07) is 12.0. The summed E-state index contributed by atoms with van der Waals surface area (Å²) in [6.45, 7) is 3.92. The topological polar surface area (TPSA) is 173 Å². The summed E-state index contributed by atoms with van der Waals surface area (Å²) in [6.07, 6.45) is 0. The SMILES string of the molecule is CC1(C)SC2C(NC(=O)C(C(=O)Oc3ccc([N+](=O)[O-])cc3)c3ccccc3)C(=O)N2C1c1nnn[nH]1. The van der Waals surface area contributed by atoms with Crippen molar-refractivity contribution in [1.82, 2.24) is 30.8 Å². The molecule has 2 aliphatic rings. The second-order valence-electron chi connectivity index (χ2n) is 9.05. The van der Waals surface area contributed by atoms with Crippen LogP contribution in [0.15, 0.2) is 54.6 Å². The van der Waals surface area contributed by atoms with Crippen molar-refractivity contribution in [3.63, 3.8) is 0 Å².